The van der Waals surface area contributed by atoms with Gasteiger partial charge in [0.1, 0.15) is 11.6 Å². The number of benzene rings is 1. The summed E-state index contributed by atoms with van der Waals surface area (Å²) in [6, 6.07) is 5.57. The van der Waals surface area contributed by atoms with Gasteiger partial charge in [-0.05, 0) is 31.0 Å². The smallest absolute Gasteiger partial charge is 0.129 e. The number of ether oxygens (including phenoxy) is 2. The molecule has 1 aromatic carbocycles. The van der Waals surface area contributed by atoms with Crippen LogP contribution in [0.25, 0.3) is 0 Å². The molecule has 4 nitrogen and oxygen atoms in total. The number of hydrogen-bond donors (Lipinski definition) is 2. The van der Waals surface area contributed by atoms with Crippen LogP contribution in [0.1, 0.15) is 31.4 Å². The summed E-state index contributed by atoms with van der Waals surface area (Å²) >= 11 is 0. The minimum atomic E-state index is 0.00670. The molecular formula is C13H20N2O2. The molecule has 0 heterocycles. The quantitative estimate of drug-likeness (QED) is 0.588. The van der Waals surface area contributed by atoms with Crippen molar-refractivity contribution in [2.75, 3.05) is 7.11 Å². The van der Waals surface area contributed by atoms with Gasteiger partial charge in [0.2, 0.25) is 0 Å². The Bertz CT molecular complexity index is 391. The van der Waals surface area contributed by atoms with Crippen molar-refractivity contribution in [1.29, 1.82) is 5.41 Å². The van der Waals surface area contributed by atoms with Gasteiger partial charge >= 0.3 is 0 Å². The van der Waals surface area contributed by atoms with Crippen molar-refractivity contribution in [3.63, 3.8) is 0 Å². The van der Waals surface area contributed by atoms with E-state index in [-0.39, 0.29) is 11.9 Å². The van der Waals surface area contributed by atoms with Gasteiger partial charge in [0, 0.05) is 0 Å². The Balaban J connectivity index is 2.81. The van der Waals surface area contributed by atoms with Gasteiger partial charge in [0.25, 0.3) is 0 Å². The summed E-state index contributed by atoms with van der Waals surface area (Å²) in [4.78, 5) is 0. The number of nitrogens with two attached hydrogens (primary N) is 1. The van der Waals surface area contributed by atoms with E-state index in [0.29, 0.717) is 17.9 Å². The number of hydrogen-bond acceptors (Lipinski definition) is 3. The van der Waals surface area contributed by atoms with Gasteiger partial charge < -0.3 is 15.2 Å². The lowest BCUT2D eigenvalue weighted by atomic mass is 10.1. The van der Waals surface area contributed by atoms with Crippen LogP contribution >= 0.6 is 0 Å². The van der Waals surface area contributed by atoms with Crippen LogP contribution in [0.15, 0.2) is 18.2 Å². The summed E-state index contributed by atoms with van der Waals surface area (Å²) < 4.78 is 10.8. The van der Waals surface area contributed by atoms with Gasteiger partial charge in [-0.1, -0.05) is 13.0 Å². The SMILES string of the molecule is CCC(C)OCc1ccc(OC)c(C(=N)N)c1. The van der Waals surface area contributed by atoms with E-state index >= 15 is 0 Å². The zero-order valence-corrected chi connectivity index (χ0v) is 10.6. The van der Waals surface area contributed by atoms with E-state index in [1.165, 1.54) is 0 Å². The van der Waals surface area contributed by atoms with Crippen LogP contribution in [-0.2, 0) is 11.3 Å². The molecule has 0 fully saturated rings. The number of rotatable bonds is 6. The second-order valence-corrected chi connectivity index (χ2v) is 3.98. The molecule has 0 radical (unpaired) electrons. The average Bonchev–Trinajstić information content (AvgIpc) is 2.35. The Morgan fingerprint density at radius 2 is 2.18 bits per heavy atom. The average molecular weight is 236 g/mol. The van der Waals surface area contributed by atoms with Crippen molar-refractivity contribution in [3.05, 3.63) is 29.3 Å². The topological polar surface area (TPSA) is 68.3 Å². The molecule has 1 rings (SSSR count). The molecule has 0 aliphatic heterocycles. The van der Waals surface area contributed by atoms with Crippen molar-refractivity contribution in [2.45, 2.75) is 33.0 Å². The molecule has 0 spiro atoms. The van der Waals surface area contributed by atoms with Crippen LogP contribution in [-0.4, -0.2) is 19.0 Å². The van der Waals surface area contributed by atoms with E-state index in [9.17, 15) is 0 Å². The predicted molar refractivity (Wildman–Crippen MR) is 68.6 cm³/mol. The highest BCUT2D eigenvalue weighted by Gasteiger charge is 2.08. The largest absolute Gasteiger partial charge is 0.496 e. The molecule has 0 bridgehead atoms. The Kier molecular flexibility index (Phi) is 4.97. The first-order valence-electron chi connectivity index (χ1n) is 5.71. The highest BCUT2D eigenvalue weighted by molar-refractivity contribution is 5.97. The number of nitrogen functional groups attached to an aromatic ring is 1. The number of nitrogens with one attached hydrogen (secondary N) is 1. The lowest BCUT2D eigenvalue weighted by Gasteiger charge is -2.12. The van der Waals surface area contributed by atoms with Gasteiger partial charge in [0.05, 0.1) is 25.4 Å². The van der Waals surface area contributed by atoms with E-state index in [4.69, 9.17) is 20.6 Å². The van der Waals surface area contributed by atoms with E-state index in [0.717, 1.165) is 12.0 Å². The Hall–Kier alpha value is -1.55. The lowest BCUT2D eigenvalue weighted by Crippen LogP contribution is -2.13. The molecule has 0 saturated carbocycles. The fourth-order valence-corrected chi connectivity index (χ4v) is 1.41. The minimum absolute atomic E-state index is 0.00670. The molecule has 0 amide bonds. The fourth-order valence-electron chi connectivity index (χ4n) is 1.41. The van der Waals surface area contributed by atoms with E-state index in [1.54, 1.807) is 7.11 Å². The number of methoxy groups -OCH3 is 1. The summed E-state index contributed by atoms with van der Waals surface area (Å²) in [5, 5.41) is 7.49. The molecule has 1 unspecified atom stereocenters. The molecule has 0 aliphatic carbocycles. The third-order valence-electron chi connectivity index (χ3n) is 2.66. The highest BCUT2D eigenvalue weighted by atomic mass is 16.5. The van der Waals surface area contributed by atoms with E-state index in [1.807, 2.05) is 25.1 Å². The first-order chi connectivity index (χ1) is 8.08. The number of amidine groups is 1. The van der Waals surface area contributed by atoms with Crippen molar-refractivity contribution in [1.82, 2.24) is 0 Å². The first-order valence-corrected chi connectivity index (χ1v) is 5.71. The molecule has 94 valence electrons. The molecule has 4 heteroatoms. The van der Waals surface area contributed by atoms with Gasteiger partial charge in [-0.2, -0.15) is 0 Å². The zero-order valence-electron chi connectivity index (χ0n) is 10.6. The maximum Gasteiger partial charge on any atom is 0.129 e. The maximum absolute atomic E-state index is 7.49. The monoisotopic (exact) mass is 236 g/mol. The second-order valence-electron chi connectivity index (χ2n) is 3.98. The fraction of sp³-hybridized carbons (Fsp3) is 0.462. The molecule has 0 saturated heterocycles. The summed E-state index contributed by atoms with van der Waals surface area (Å²) in [6.45, 7) is 4.65. The van der Waals surface area contributed by atoms with Gasteiger partial charge in [-0.15, -0.1) is 0 Å². The van der Waals surface area contributed by atoms with Gasteiger partial charge in [0.15, 0.2) is 0 Å². The van der Waals surface area contributed by atoms with Crippen molar-refractivity contribution >= 4 is 5.84 Å². The summed E-state index contributed by atoms with van der Waals surface area (Å²) in [7, 11) is 1.57. The van der Waals surface area contributed by atoms with Crippen molar-refractivity contribution in [3.8, 4) is 5.75 Å². The molecule has 1 aromatic rings. The highest BCUT2D eigenvalue weighted by Crippen LogP contribution is 2.20. The third-order valence-corrected chi connectivity index (χ3v) is 2.66. The Morgan fingerprint density at radius 1 is 1.47 bits per heavy atom. The normalized spacial score (nSPS) is 12.2. The second kappa shape index (κ2) is 6.25. The molecular weight excluding hydrogens is 216 g/mol. The van der Waals surface area contributed by atoms with Crippen LogP contribution < -0.4 is 10.5 Å². The van der Waals surface area contributed by atoms with Crippen molar-refractivity contribution in [2.24, 2.45) is 5.73 Å². The summed E-state index contributed by atoms with van der Waals surface area (Å²) in [6.07, 6.45) is 1.22. The predicted octanol–water partition coefficient (Wildman–Crippen LogP) is 2.29. The Morgan fingerprint density at radius 3 is 2.71 bits per heavy atom. The molecule has 0 aromatic heterocycles. The molecule has 0 aliphatic rings. The van der Waals surface area contributed by atoms with Gasteiger partial charge in [-0.25, -0.2) is 0 Å². The minimum Gasteiger partial charge on any atom is -0.496 e. The first kappa shape index (κ1) is 13.5. The van der Waals surface area contributed by atoms with E-state index in [2.05, 4.69) is 6.92 Å². The van der Waals surface area contributed by atoms with Gasteiger partial charge in [-0.3, -0.25) is 5.41 Å². The van der Waals surface area contributed by atoms with Crippen LogP contribution in [0, 0.1) is 5.41 Å². The van der Waals surface area contributed by atoms with Crippen LogP contribution in [0.5, 0.6) is 5.75 Å². The third kappa shape index (κ3) is 3.75. The molecule has 1 atom stereocenters. The standard InChI is InChI=1S/C13H20N2O2/c1-4-9(2)17-8-10-5-6-12(16-3)11(7-10)13(14)15/h5-7,9H,4,8H2,1-3H3,(H3,14,15). The summed E-state index contributed by atoms with van der Waals surface area (Å²) in [5.74, 6) is 0.622. The zero-order chi connectivity index (χ0) is 12.8. The van der Waals surface area contributed by atoms with Crippen LogP contribution in [0.2, 0.25) is 0 Å². The molecule has 17 heavy (non-hydrogen) atoms. The maximum atomic E-state index is 7.49. The summed E-state index contributed by atoms with van der Waals surface area (Å²) in [5.41, 5.74) is 7.11. The van der Waals surface area contributed by atoms with Crippen LogP contribution in [0.3, 0.4) is 0 Å². The Labute approximate surface area is 102 Å². The lowest BCUT2D eigenvalue weighted by molar-refractivity contribution is 0.0508. The van der Waals surface area contributed by atoms with Crippen LogP contribution in [0.4, 0.5) is 0 Å². The van der Waals surface area contributed by atoms with Crippen molar-refractivity contribution < 1.29 is 9.47 Å². The molecule has 3 N–H and O–H groups in total. The van der Waals surface area contributed by atoms with E-state index < -0.39 is 0 Å².